The maximum Gasteiger partial charge on any atom is 0.236 e. The highest BCUT2D eigenvalue weighted by molar-refractivity contribution is 5.77. The first kappa shape index (κ1) is 19.8. The van der Waals surface area contributed by atoms with E-state index in [1.165, 1.54) is 30.2 Å². The largest absolute Gasteiger partial charge is 0.494 e. The second-order valence-corrected chi connectivity index (χ2v) is 6.14. The van der Waals surface area contributed by atoms with Crippen LogP contribution in [-0.2, 0) is 17.9 Å². The zero-order chi connectivity index (χ0) is 19.3. The average Bonchev–Trinajstić information content (AvgIpc) is 2.58. The standard InChI is InChI=1S/C19H21F3N2O2/c1-23(10-13-4-6-15(20)16(21)8-13)12-19(25)24(2)11-14-5-7-18(26-3)17(22)9-14/h4-9H,10-12H2,1-3H3. The average molecular weight is 366 g/mol. The van der Waals surface area contributed by atoms with Crippen molar-refractivity contribution in [3.05, 3.63) is 65.0 Å². The summed E-state index contributed by atoms with van der Waals surface area (Å²) in [6.45, 7) is 0.640. The van der Waals surface area contributed by atoms with E-state index in [4.69, 9.17) is 4.74 Å². The van der Waals surface area contributed by atoms with Gasteiger partial charge in [0.2, 0.25) is 5.91 Å². The van der Waals surface area contributed by atoms with Crippen LogP contribution in [0.1, 0.15) is 11.1 Å². The second kappa shape index (κ2) is 8.71. The molecule has 0 aliphatic rings. The number of rotatable bonds is 7. The molecule has 0 aliphatic carbocycles. The molecule has 7 heteroatoms. The van der Waals surface area contributed by atoms with Gasteiger partial charge in [0.25, 0.3) is 0 Å². The third-order valence-corrected chi connectivity index (χ3v) is 3.90. The van der Waals surface area contributed by atoms with Crippen LogP contribution in [0.4, 0.5) is 13.2 Å². The molecule has 0 bridgehead atoms. The zero-order valence-corrected chi connectivity index (χ0v) is 14.9. The van der Waals surface area contributed by atoms with Gasteiger partial charge >= 0.3 is 0 Å². The Kier molecular flexibility index (Phi) is 6.63. The third-order valence-electron chi connectivity index (χ3n) is 3.90. The fourth-order valence-electron chi connectivity index (χ4n) is 2.53. The number of halogens is 3. The molecule has 0 N–H and O–H groups in total. The number of ether oxygens (including phenoxy) is 1. The van der Waals surface area contributed by atoms with Crippen molar-refractivity contribution in [2.24, 2.45) is 0 Å². The highest BCUT2D eigenvalue weighted by atomic mass is 19.2. The Morgan fingerprint density at radius 3 is 2.15 bits per heavy atom. The van der Waals surface area contributed by atoms with Gasteiger partial charge in [0.15, 0.2) is 23.2 Å². The number of hydrogen-bond acceptors (Lipinski definition) is 3. The van der Waals surface area contributed by atoms with Crippen LogP contribution in [0, 0.1) is 17.5 Å². The Hall–Kier alpha value is -2.54. The minimum atomic E-state index is -0.916. The van der Waals surface area contributed by atoms with E-state index in [9.17, 15) is 18.0 Å². The van der Waals surface area contributed by atoms with Crippen molar-refractivity contribution in [1.82, 2.24) is 9.80 Å². The monoisotopic (exact) mass is 366 g/mol. The summed E-state index contributed by atoms with van der Waals surface area (Å²) in [6, 6.07) is 8.18. The van der Waals surface area contributed by atoms with Crippen LogP contribution in [-0.4, -0.2) is 43.5 Å². The molecule has 4 nitrogen and oxygen atoms in total. The number of carbonyl (C=O) groups excluding carboxylic acids is 1. The topological polar surface area (TPSA) is 32.8 Å². The highest BCUT2D eigenvalue weighted by Crippen LogP contribution is 2.18. The predicted octanol–water partition coefficient (Wildman–Crippen LogP) is 3.20. The number of hydrogen-bond donors (Lipinski definition) is 0. The van der Waals surface area contributed by atoms with E-state index in [1.807, 2.05) is 0 Å². The molecule has 2 aromatic rings. The Bertz CT molecular complexity index is 783. The van der Waals surface area contributed by atoms with Gasteiger partial charge in [-0.3, -0.25) is 9.69 Å². The smallest absolute Gasteiger partial charge is 0.236 e. The Balaban J connectivity index is 1.91. The first-order chi connectivity index (χ1) is 12.3. The highest BCUT2D eigenvalue weighted by Gasteiger charge is 2.14. The molecule has 140 valence electrons. The van der Waals surface area contributed by atoms with E-state index >= 15 is 0 Å². The number of likely N-dealkylation sites (N-methyl/N-ethyl adjacent to an activating group) is 2. The van der Waals surface area contributed by atoms with Gasteiger partial charge in [-0.15, -0.1) is 0 Å². The molecule has 0 atom stereocenters. The molecule has 2 rings (SSSR count). The molecule has 0 fully saturated rings. The van der Waals surface area contributed by atoms with Crippen LogP contribution < -0.4 is 4.74 Å². The molecule has 0 radical (unpaired) electrons. The molecule has 0 saturated heterocycles. The number of methoxy groups -OCH3 is 1. The maximum atomic E-state index is 13.7. The van der Waals surface area contributed by atoms with Crippen LogP contribution in [0.15, 0.2) is 36.4 Å². The minimum absolute atomic E-state index is 0.0914. The van der Waals surface area contributed by atoms with E-state index in [-0.39, 0.29) is 24.7 Å². The zero-order valence-electron chi connectivity index (χ0n) is 14.9. The van der Waals surface area contributed by atoms with Gasteiger partial charge in [-0.2, -0.15) is 0 Å². The summed E-state index contributed by atoms with van der Waals surface area (Å²) in [4.78, 5) is 15.5. The predicted molar refractivity (Wildman–Crippen MR) is 92.1 cm³/mol. The number of amides is 1. The van der Waals surface area contributed by atoms with Crippen LogP contribution in [0.2, 0.25) is 0 Å². The van der Waals surface area contributed by atoms with Gasteiger partial charge in [-0.05, 0) is 42.4 Å². The summed E-state index contributed by atoms with van der Waals surface area (Å²) >= 11 is 0. The summed E-state index contributed by atoms with van der Waals surface area (Å²) < 4.78 is 44.8. The summed E-state index contributed by atoms with van der Waals surface area (Å²) in [5.74, 6) is -2.33. The first-order valence-electron chi connectivity index (χ1n) is 7.99. The van der Waals surface area contributed by atoms with E-state index in [0.717, 1.165) is 12.1 Å². The lowest BCUT2D eigenvalue weighted by Gasteiger charge is -2.22. The summed E-state index contributed by atoms with van der Waals surface area (Å²) in [7, 11) is 4.71. The van der Waals surface area contributed by atoms with E-state index < -0.39 is 17.5 Å². The summed E-state index contributed by atoms with van der Waals surface area (Å²) in [5, 5.41) is 0. The second-order valence-electron chi connectivity index (χ2n) is 6.14. The quantitative estimate of drug-likeness (QED) is 0.754. The van der Waals surface area contributed by atoms with Gasteiger partial charge in [-0.25, -0.2) is 13.2 Å². The van der Waals surface area contributed by atoms with Crippen molar-refractivity contribution in [2.75, 3.05) is 27.7 Å². The maximum absolute atomic E-state index is 13.7. The van der Waals surface area contributed by atoms with E-state index in [0.29, 0.717) is 17.7 Å². The summed E-state index contributed by atoms with van der Waals surface area (Å²) in [5.41, 5.74) is 1.21. The third kappa shape index (κ3) is 5.23. The van der Waals surface area contributed by atoms with Gasteiger partial charge < -0.3 is 9.64 Å². The Morgan fingerprint density at radius 2 is 1.54 bits per heavy atom. The van der Waals surface area contributed by atoms with Gasteiger partial charge in [0.1, 0.15) is 0 Å². The SMILES string of the molecule is COc1ccc(CN(C)C(=O)CN(C)Cc2ccc(F)c(F)c2)cc1F. The van der Waals surface area contributed by atoms with Crippen LogP contribution >= 0.6 is 0 Å². The molecule has 1 amide bonds. The van der Waals surface area contributed by atoms with Crippen molar-refractivity contribution in [2.45, 2.75) is 13.1 Å². The van der Waals surface area contributed by atoms with Crippen molar-refractivity contribution >= 4 is 5.91 Å². The minimum Gasteiger partial charge on any atom is -0.494 e. The number of nitrogens with zero attached hydrogens (tertiary/aromatic N) is 2. The van der Waals surface area contributed by atoms with Crippen LogP contribution in [0.5, 0.6) is 5.75 Å². The van der Waals surface area contributed by atoms with E-state index in [2.05, 4.69) is 0 Å². The van der Waals surface area contributed by atoms with Crippen LogP contribution in [0.25, 0.3) is 0 Å². The molecule has 2 aromatic carbocycles. The number of benzene rings is 2. The van der Waals surface area contributed by atoms with E-state index in [1.54, 1.807) is 25.1 Å². The molecule has 0 aliphatic heterocycles. The molecule has 0 unspecified atom stereocenters. The fraction of sp³-hybridized carbons (Fsp3) is 0.316. The number of carbonyl (C=O) groups is 1. The molecular weight excluding hydrogens is 345 g/mol. The summed E-state index contributed by atoms with van der Waals surface area (Å²) in [6.07, 6.45) is 0. The molecule has 0 spiro atoms. The fourth-order valence-corrected chi connectivity index (χ4v) is 2.53. The molecule has 0 saturated carbocycles. The van der Waals surface area contributed by atoms with Gasteiger partial charge in [0.05, 0.1) is 13.7 Å². The van der Waals surface area contributed by atoms with Gasteiger partial charge in [-0.1, -0.05) is 12.1 Å². The van der Waals surface area contributed by atoms with Crippen LogP contribution in [0.3, 0.4) is 0 Å². The normalized spacial score (nSPS) is 10.9. The van der Waals surface area contributed by atoms with Gasteiger partial charge in [0, 0.05) is 20.1 Å². The van der Waals surface area contributed by atoms with Crippen molar-refractivity contribution < 1.29 is 22.7 Å². The Morgan fingerprint density at radius 1 is 0.923 bits per heavy atom. The van der Waals surface area contributed by atoms with Crippen molar-refractivity contribution in [1.29, 1.82) is 0 Å². The molecule has 0 aromatic heterocycles. The van der Waals surface area contributed by atoms with Crippen molar-refractivity contribution in [3.8, 4) is 5.75 Å². The molecule has 26 heavy (non-hydrogen) atoms. The first-order valence-corrected chi connectivity index (χ1v) is 7.99. The lowest BCUT2D eigenvalue weighted by Crippen LogP contribution is -2.36. The lowest BCUT2D eigenvalue weighted by atomic mass is 10.2. The molecular formula is C19H21F3N2O2. The lowest BCUT2D eigenvalue weighted by molar-refractivity contribution is -0.131. The Labute approximate surface area is 150 Å². The van der Waals surface area contributed by atoms with Crippen molar-refractivity contribution in [3.63, 3.8) is 0 Å². The molecule has 0 heterocycles.